The van der Waals surface area contributed by atoms with Gasteiger partial charge in [0.1, 0.15) is 11.6 Å². The minimum Gasteiger partial charge on any atom is -0.494 e. The van der Waals surface area contributed by atoms with Crippen molar-refractivity contribution in [2.45, 2.75) is 6.92 Å². The zero-order valence-electron chi connectivity index (χ0n) is 8.91. The number of esters is 1. The van der Waals surface area contributed by atoms with Crippen molar-refractivity contribution in [1.82, 2.24) is 0 Å². The number of carbonyl (C=O) groups excluding carboxylic acids is 1. The minimum absolute atomic E-state index is 0.271. The van der Waals surface area contributed by atoms with Crippen molar-refractivity contribution in [1.29, 1.82) is 5.26 Å². The summed E-state index contributed by atoms with van der Waals surface area (Å²) in [6.07, 6.45) is 0. The first-order valence-corrected chi connectivity index (χ1v) is 5.67. The molecule has 0 bridgehead atoms. The largest absolute Gasteiger partial charge is 0.494 e. The number of hydrogen-bond acceptors (Lipinski definition) is 4. The second kappa shape index (κ2) is 5.70. The summed E-state index contributed by atoms with van der Waals surface area (Å²) in [6.45, 7) is 2.01. The zero-order valence-corrected chi connectivity index (χ0v) is 11.1. The Morgan fingerprint density at radius 1 is 1.56 bits per heavy atom. The number of nitrogens with zero attached hydrogens (tertiary/aromatic N) is 1. The zero-order chi connectivity index (χ0) is 12.1. The third kappa shape index (κ3) is 2.44. The molecule has 4 nitrogen and oxygen atoms in total. The normalized spacial score (nSPS) is 9.38. The lowest BCUT2D eigenvalue weighted by molar-refractivity contribution is 0.0521. The molecule has 0 saturated heterocycles. The molecule has 0 radical (unpaired) electrons. The fourth-order valence-electron chi connectivity index (χ4n) is 1.25. The lowest BCUT2D eigenvalue weighted by Gasteiger charge is -2.10. The molecule has 5 heteroatoms. The van der Waals surface area contributed by atoms with E-state index in [9.17, 15) is 4.79 Å². The van der Waals surface area contributed by atoms with Crippen molar-refractivity contribution in [2.75, 3.05) is 13.7 Å². The van der Waals surface area contributed by atoms with Crippen LogP contribution in [0.5, 0.6) is 5.75 Å². The molecule has 0 unspecified atom stereocenters. The molecule has 84 valence electrons. The summed E-state index contributed by atoms with van der Waals surface area (Å²) in [5, 5.41) is 8.89. The summed E-state index contributed by atoms with van der Waals surface area (Å²) in [6, 6.07) is 5.28. The Labute approximate surface area is 107 Å². The molecule has 1 aromatic carbocycles. The van der Waals surface area contributed by atoms with E-state index in [1.807, 2.05) is 28.7 Å². The van der Waals surface area contributed by atoms with Crippen LogP contribution in [0.4, 0.5) is 0 Å². The van der Waals surface area contributed by atoms with E-state index in [2.05, 4.69) is 0 Å². The highest BCUT2D eigenvalue weighted by Crippen LogP contribution is 2.28. The average Bonchev–Trinajstić information content (AvgIpc) is 2.28. The van der Waals surface area contributed by atoms with Crippen molar-refractivity contribution < 1.29 is 14.3 Å². The van der Waals surface area contributed by atoms with Gasteiger partial charge >= 0.3 is 5.97 Å². The van der Waals surface area contributed by atoms with E-state index in [1.54, 1.807) is 19.1 Å². The van der Waals surface area contributed by atoms with E-state index in [-0.39, 0.29) is 12.4 Å². The van der Waals surface area contributed by atoms with Crippen molar-refractivity contribution in [3.05, 3.63) is 26.8 Å². The van der Waals surface area contributed by atoms with E-state index < -0.39 is 5.97 Å². The predicted molar refractivity (Wildman–Crippen MR) is 66.4 cm³/mol. The van der Waals surface area contributed by atoms with Gasteiger partial charge < -0.3 is 9.47 Å². The Bertz CT molecular complexity index is 451. The molecule has 0 heterocycles. The van der Waals surface area contributed by atoms with Gasteiger partial charge in [0, 0.05) is 3.57 Å². The maximum absolute atomic E-state index is 11.7. The fraction of sp³-hybridized carbons (Fsp3) is 0.273. The van der Waals surface area contributed by atoms with Gasteiger partial charge in [-0.1, -0.05) is 0 Å². The first kappa shape index (κ1) is 12.8. The lowest BCUT2D eigenvalue weighted by atomic mass is 10.1. The van der Waals surface area contributed by atoms with Crippen molar-refractivity contribution >= 4 is 28.6 Å². The number of methoxy groups -OCH3 is 1. The van der Waals surface area contributed by atoms with Gasteiger partial charge in [-0.15, -0.1) is 0 Å². The highest BCUT2D eigenvalue weighted by Gasteiger charge is 2.20. The molecule has 0 aromatic heterocycles. The highest BCUT2D eigenvalue weighted by atomic mass is 127. The van der Waals surface area contributed by atoms with E-state index in [0.29, 0.717) is 14.7 Å². The van der Waals surface area contributed by atoms with E-state index in [1.165, 1.54) is 7.11 Å². The molecule has 1 rings (SSSR count). The summed E-state index contributed by atoms with van der Waals surface area (Å²) in [7, 11) is 1.43. The molecular weight excluding hydrogens is 321 g/mol. The van der Waals surface area contributed by atoms with E-state index >= 15 is 0 Å². The number of nitriles is 1. The molecule has 0 aliphatic carbocycles. The Morgan fingerprint density at radius 3 is 2.75 bits per heavy atom. The third-order valence-electron chi connectivity index (χ3n) is 1.91. The van der Waals surface area contributed by atoms with Gasteiger partial charge in [0.15, 0.2) is 5.75 Å². The van der Waals surface area contributed by atoms with Crippen LogP contribution in [0, 0.1) is 14.9 Å². The Balaban J connectivity index is 3.35. The van der Waals surface area contributed by atoms with Gasteiger partial charge in [0.25, 0.3) is 0 Å². The fourth-order valence-corrected chi connectivity index (χ4v) is 1.90. The van der Waals surface area contributed by atoms with Gasteiger partial charge in [-0.05, 0) is 41.6 Å². The molecule has 0 aliphatic rings. The van der Waals surface area contributed by atoms with Crippen LogP contribution in [0.2, 0.25) is 0 Å². The van der Waals surface area contributed by atoms with E-state index in [0.717, 1.165) is 0 Å². The first-order chi connectivity index (χ1) is 7.65. The second-order valence-electron chi connectivity index (χ2n) is 2.84. The maximum Gasteiger partial charge on any atom is 0.343 e. The number of rotatable bonds is 3. The number of benzene rings is 1. The van der Waals surface area contributed by atoms with Gasteiger partial charge in [0.05, 0.1) is 19.3 Å². The van der Waals surface area contributed by atoms with Crippen molar-refractivity contribution in [3.63, 3.8) is 0 Å². The van der Waals surface area contributed by atoms with Crippen LogP contribution in [0.1, 0.15) is 22.8 Å². The van der Waals surface area contributed by atoms with Crippen LogP contribution in [0.25, 0.3) is 0 Å². The molecule has 0 atom stereocenters. The highest BCUT2D eigenvalue weighted by molar-refractivity contribution is 14.1. The quantitative estimate of drug-likeness (QED) is 0.630. The second-order valence-corrected chi connectivity index (χ2v) is 4.00. The number of ether oxygens (including phenoxy) is 2. The minimum atomic E-state index is -0.471. The lowest BCUT2D eigenvalue weighted by Crippen LogP contribution is -2.10. The molecule has 16 heavy (non-hydrogen) atoms. The number of halogens is 1. The van der Waals surface area contributed by atoms with Crippen LogP contribution in [-0.2, 0) is 4.74 Å². The molecule has 0 amide bonds. The van der Waals surface area contributed by atoms with Crippen molar-refractivity contribution in [2.24, 2.45) is 0 Å². The number of hydrogen-bond donors (Lipinski definition) is 0. The number of carbonyl (C=O) groups is 1. The molecule has 0 saturated carbocycles. The van der Waals surface area contributed by atoms with Gasteiger partial charge in [-0.2, -0.15) is 5.26 Å². The first-order valence-electron chi connectivity index (χ1n) is 4.59. The molecular formula is C11H10INO3. The maximum atomic E-state index is 11.7. The van der Waals surface area contributed by atoms with Crippen LogP contribution >= 0.6 is 22.6 Å². The Morgan fingerprint density at radius 2 is 2.25 bits per heavy atom. The van der Waals surface area contributed by atoms with Gasteiger partial charge in [-0.3, -0.25) is 0 Å². The van der Waals surface area contributed by atoms with E-state index in [4.69, 9.17) is 14.7 Å². The topological polar surface area (TPSA) is 59.3 Å². The molecule has 0 spiro atoms. The Kier molecular flexibility index (Phi) is 4.55. The molecule has 0 N–H and O–H groups in total. The summed E-state index contributed by atoms with van der Waals surface area (Å²) in [5.41, 5.74) is 0.634. The smallest absolute Gasteiger partial charge is 0.343 e. The molecule has 0 fully saturated rings. The van der Waals surface area contributed by atoms with Crippen LogP contribution in [0.3, 0.4) is 0 Å². The molecule has 1 aromatic rings. The molecule has 0 aliphatic heterocycles. The van der Waals surface area contributed by atoms with Crippen molar-refractivity contribution in [3.8, 4) is 11.8 Å². The monoisotopic (exact) mass is 331 g/mol. The Hall–Kier alpha value is -1.29. The van der Waals surface area contributed by atoms with Crippen LogP contribution in [0.15, 0.2) is 12.1 Å². The SMILES string of the molecule is CCOC(=O)c1c(I)ccc(C#N)c1OC. The third-order valence-corrected chi connectivity index (χ3v) is 2.81. The summed E-state index contributed by atoms with van der Waals surface area (Å²) in [5.74, 6) is -0.200. The van der Waals surface area contributed by atoms with Crippen LogP contribution in [-0.4, -0.2) is 19.7 Å². The predicted octanol–water partition coefficient (Wildman–Crippen LogP) is 2.35. The van der Waals surface area contributed by atoms with Gasteiger partial charge in [0.2, 0.25) is 0 Å². The summed E-state index contributed by atoms with van der Waals surface area (Å²) in [4.78, 5) is 11.7. The van der Waals surface area contributed by atoms with Gasteiger partial charge in [-0.25, -0.2) is 4.79 Å². The standard InChI is InChI=1S/C11H10INO3/c1-3-16-11(14)9-8(12)5-4-7(6-13)10(9)15-2/h4-5H,3H2,1-2H3. The summed E-state index contributed by atoms with van der Waals surface area (Å²) < 4.78 is 10.7. The average molecular weight is 331 g/mol. The summed E-state index contributed by atoms with van der Waals surface area (Å²) >= 11 is 2.01. The van der Waals surface area contributed by atoms with Crippen LogP contribution < -0.4 is 4.74 Å².